The lowest BCUT2D eigenvalue weighted by Crippen LogP contribution is -2.01. The average Bonchev–Trinajstić information content (AvgIpc) is 3.31. The Bertz CT molecular complexity index is 1130. The number of pyridine rings is 2. The van der Waals surface area contributed by atoms with Crippen molar-refractivity contribution >= 4 is 11.0 Å². The molecular weight excluding hydrogens is 331 g/mol. The molecular formula is C19H17FN6. The summed E-state index contributed by atoms with van der Waals surface area (Å²) in [5.74, 6) is -0.354. The Labute approximate surface area is 149 Å². The summed E-state index contributed by atoms with van der Waals surface area (Å²) in [5, 5.41) is 12.9. The Hall–Kier alpha value is -3.09. The molecule has 0 saturated carbocycles. The summed E-state index contributed by atoms with van der Waals surface area (Å²) in [6.07, 6.45) is 5.04. The van der Waals surface area contributed by atoms with Crippen LogP contribution < -0.4 is 0 Å². The van der Waals surface area contributed by atoms with Gasteiger partial charge in [0.1, 0.15) is 11.5 Å². The zero-order valence-electron chi connectivity index (χ0n) is 14.5. The summed E-state index contributed by atoms with van der Waals surface area (Å²) in [5.41, 5.74) is 6.38. The van der Waals surface area contributed by atoms with E-state index in [1.54, 1.807) is 12.3 Å². The second kappa shape index (κ2) is 5.45. The number of aromatic amines is 1. The zero-order valence-corrected chi connectivity index (χ0v) is 14.5. The van der Waals surface area contributed by atoms with Crippen molar-refractivity contribution < 1.29 is 4.39 Å². The molecule has 0 saturated heterocycles. The van der Waals surface area contributed by atoms with E-state index < -0.39 is 0 Å². The van der Waals surface area contributed by atoms with Crippen molar-refractivity contribution in [3.05, 3.63) is 47.8 Å². The van der Waals surface area contributed by atoms with Gasteiger partial charge in [0.25, 0.3) is 0 Å². The minimum atomic E-state index is -0.354. The van der Waals surface area contributed by atoms with E-state index >= 15 is 0 Å². The molecule has 4 aromatic rings. The second-order valence-electron chi connectivity index (χ2n) is 6.81. The number of H-pyrrole nitrogens is 1. The van der Waals surface area contributed by atoms with Gasteiger partial charge in [-0.25, -0.2) is 9.37 Å². The van der Waals surface area contributed by atoms with E-state index in [1.165, 1.54) is 18.0 Å². The Balaban J connectivity index is 1.84. The molecule has 0 bridgehead atoms. The number of nitrogens with one attached hydrogen (secondary N) is 1. The fourth-order valence-electron chi connectivity index (χ4n) is 3.78. The van der Waals surface area contributed by atoms with Gasteiger partial charge in [0.15, 0.2) is 5.65 Å². The van der Waals surface area contributed by atoms with Crippen LogP contribution in [0.5, 0.6) is 0 Å². The lowest BCUT2D eigenvalue weighted by molar-refractivity contribution is 0.522. The van der Waals surface area contributed by atoms with Gasteiger partial charge in [0, 0.05) is 33.9 Å². The highest BCUT2D eigenvalue weighted by Crippen LogP contribution is 2.42. The molecule has 5 rings (SSSR count). The third-order valence-corrected chi connectivity index (χ3v) is 5.02. The van der Waals surface area contributed by atoms with Gasteiger partial charge in [-0.2, -0.15) is 10.2 Å². The molecule has 0 aromatic carbocycles. The molecule has 1 N–H and O–H groups in total. The number of aryl methyl sites for hydroxylation is 1. The molecule has 0 fully saturated rings. The maximum absolute atomic E-state index is 13.4. The van der Waals surface area contributed by atoms with Crippen molar-refractivity contribution in [2.45, 2.75) is 32.7 Å². The minimum absolute atomic E-state index is 0.334. The maximum atomic E-state index is 13.4. The van der Waals surface area contributed by atoms with Gasteiger partial charge in [-0.1, -0.05) is 0 Å². The molecule has 0 radical (unpaired) electrons. The van der Waals surface area contributed by atoms with E-state index in [2.05, 4.69) is 37.8 Å². The van der Waals surface area contributed by atoms with E-state index in [0.717, 1.165) is 46.4 Å². The molecule has 0 aliphatic carbocycles. The van der Waals surface area contributed by atoms with Gasteiger partial charge in [-0.05, 0) is 44.9 Å². The predicted molar refractivity (Wildman–Crippen MR) is 96.1 cm³/mol. The van der Waals surface area contributed by atoms with E-state index in [1.807, 2.05) is 6.92 Å². The molecule has 1 aliphatic heterocycles. The number of fused-ring (bicyclic) bond motifs is 2. The highest BCUT2D eigenvalue weighted by molar-refractivity contribution is 5.97. The van der Waals surface area contributed by atoms with E-state index in [4.69, 9.17) is 5.10 Å². The number of aromatic nitrogens is 6. The highest BCUT2D eigenvalue weighted by atomic mass is 19.1. The van der Waals surface area contributed by atoms with Gasteiger partial charge in [-0.15, -0.1) is 0 Å². The monoisotopic (exact) mass is 348 g/mol. The summed E-state index contributed by atoms with van der Waals surface area (Å²) in [4.78, 5) is 8.79. The molecule has 0 spiro atoms. The number of hydrogen-bond acceptors (Lipinski definition) is 4. The first-order chi connectivity index (χ1) is 12.6. The lowest BCUT2D eigenvalue weighted by atomic mass is 9.97. The van der Waals surface area contributed by atoms with Crippen LogP contribution in [0.15, 0.2) is 30.6 Å². The molecule has 0 amide bonds. The topological polar surface area (TPSA) is 72.3 Å². The van der Waals surface area contributed by atoms with Crippen LogP contribution in [0.3, 0.4) is 0 Å². The normalized spacial score (nSPS) is 16.3. The van der Waals surface area contributed by atoms with Crippen molar-refractivity contribution in [2.24, 2.45) is 0 Å². The molecule has 26 heavy (non-hydrogen) atoms. The van der Waals surface area contributed by atoms with E-state index in [9.17, 15) is 4.39 Å². The molecule has 1 atom stereocenters. The van der Waals surface area contributed by atoms with Crippen molar-refractivity contribution in [1.29, 1.82) is 0 Å². The highest BCUT2D eigenvalue weighted by Gasteiger charge is 2.29. The van der Waals surface area contributed by atoms with Gasteiger partial charge >= 0.3 is 0 Å². The first kappa shape index (κ1) is 15.2. The average molecular weight is 348 g/mol. The predicted octanol–water partition coefficient (Wildman–Crippen LogP) is 3.84. The van der Waals surface area contributed by atoms with Crippen LogP contribution in [-0.2, 0) is 6.42 Å². The van der Waals surface area contributed by atoms with Gasteiger partial charge in [0.05, 0.1) is 18.1 Å². The largest absolute Gasteiger partial charge is 0.265 e. The van der Waals surface area contributed by atoms with Crippen molar-refractivity contribution in [1.82, 2.24) is 29.9 Å². The molecule has 4 aromatic heterocycles. The van der Waals surface area contributed by atoms with E-state index in [-0.39, 0.29) is 5.82 Å². The van der Waals surface area contributed by atoms with Crippen LogP contribution in [0.1, 0.15) is 30.8 Å². The zero-order chi connectivity index (χ0) is 17.8. The first-order valence-corrected chi connectivity index (χ1v) is 8.66. The van der Waals surface area contributed by atoms with Crippen molar-refractivity contribution in [2.75, 3.05) is 0 Å². The smallest absolute Gasteiger partial charge is 0.155 e. The summed E-state index contributed by atoms with van der Waals surface area (Å²) in [6, 6.07) is 5.50. The Kier molecular flexibility index (Phi) is 3.19. The van der Waals surface area contributed by atoms with Crippen molar-refractivity contribution in [3.63, 3.8) is 0 Å². The molecule has 1 aliphatic rings. The van der Waals surface area contributed by atoms with Crippen molar-refractivity contribution in [3.8, 4) is 22.5 Å². The number of halogens is 1. The quantitative estimate of drug-likeness (QED) is 0.597. The van der Waals surface area contributed by atoms with Gasteiger partial charge in [-0.3, -0.25) is 14.8 Å². The summed E-state index contributed by atoms with van der Waals surface area (Å²) in [7, 11) is 0. The van der Waals surface area contributed by atoms with Gasteiger partial charge in [0.2, 0.25) is 0 Å². The number of rotatable bonds is 2. The van der Waals surface area contributed by atoms with Crippen LogP contribution in [-0.4, -0.2) is 29.9 Å². The van der Waals surface area contributed by atoms with Gasteiger partial charge < -0.3 is 0 Å². The fraction of sp³-hybridized carbons (Fsp3) is 0.263. The van der Waals surface area contributed by atoms with Crippen LogP contribution in [0.2, 0.25) is 0 Å². The standard InChI is InChI=1S/C19H17FN6/c1-10-7-13(14-9-22-24-19(14)23-10)17-16-6-3-11(2)26(16)25-18(17)15-5-4-12(20)8-21-15/h4-5,7-9,11H,3,6H2,1-2H3,(H,22,23,24)/t11-/m1/s1. The summed E-state index contributed by atoms with van der Waals surface area (Å²) < 4.78 is 15.4. The molecule has 6 nitrogen and oxygen atoms in total. The molecule has 0 unspecified atom stereocenters. The minimum Gasteiger partial charge on any atom is -0.265 e. The van der Waals surface area contributed by atoms with Crippen LogP contribution in [0, 0.1) is 12.7 Å². The Morgan fingerprint density at radius 1 is 1.27 bits per heavy atom. The molecule has 7 heteroatoms. The fourth-order valence-corrected chi connectivity index (χ4v) is 3.78. The second-order valence-corrected chi connectivity index (χ2v) is 6.81. The SMILES string of the molecule is Cc1cc(-c2c(-c3ccc(F)cn3)nn3c2CC[C@H]3C)c2cn[nH]c2n1. The maximum Gasteiger partial charge on any atom is 0.155 e. The Morgan fingerprint density at radius 2 is 2.15 bits per heavy atom. The third-order valence-electron chi connectivity index (χ3n) is 5.02. The molecule has 5 heterocycles. The number of nitrogens with zero attached hydrogens (tertiary/aromatic N) is 5. The first-order valence-electron chi connectivity index (χ1n) is 8.66. The lowest BCUT2D eigenvalue weighted by Gasteiger charge is -2.07. The van der Waals surface area contributed by atoms with Crippen LogP contribution in [0.25, 0.3) is 33.5 Å². The third kappa shape index (κ3) is 2.16. The Morgan fingerprint density at radius 3 is 2.96 bits per heavy atom. The summed E-state index contributed by atoms with van der Waals surface area (Å²) in [6.45, 7) is 4.13. The van der Waals surface area contributed by atoms with E-state index in [0.29, 0.717) is 11.7 Å². The summed E-state index contributed by atoms with van der Waals surface area (Å²) >= 11 is 0. The number of hydrogen-bond donors (Lipinski definition) is 1. The molecule has 130 valence electrons. The van der Waals surface area contributed by atoms with Crippen LogP contribution in [0.4, 0.5) is 4.39 Å². The van der Waals surface area contributed by atoms with Crippen LogP contribution >= 0.6 is 0 Å².